The van der Waals surface area contributed by atoms with Gasteiger partial charge in [-0.2, -0.15) is 0 Å². The molecule has 0 fully saturated rings. The van der Waals surface area contributed by atoms with E-state index in [1.165, 1.54) is 19.1 Å². The molecule has 0 aromatic heterocycles. The summed E-state index contributed by atoms with van der Waals surface area (Å²) >= 11 is 0. The van der Waals surface area contributed by atoms with Crippen molar-refractivity contribution >= 4 is 17.3 Å². The van der Waals surface area contributed by atoms with E-state index in [0.717, 1.165) is 0 Å². The number of carbonyl (C=O) groups excluding carboxylic acids is 1. The SMILES string of the molecule is COc1cc2c(cc1OC)N(CC(O)CO)C(=O)CN2. The number of aliphatic hydroxyl groups excluding tert-OH is 2. The number of β-amino-alcohol motifs (C(OH)–C–C–N with tert-alkyl or cyclic N) is 1. The van der Waals surface area contributed by atoms with E-state index in [4.69, 9.17) is 14.6 Å². The molecule has 0 saturated carbocycles. The first-order chi connectivity index (χ1) is 9.60. The fourth-order valence-electron chi connectivity index (χ4n) is 2.10. The number of hydrogen-bond acceptors (Lipinski definition) is 6. The molecule has 1 aliphatic rings. The van der Waals surface area contributed by atoms with Gasteiger partial charge in [-0.15, -0.1) is 0 Å². The molecule has 1 heterocycles. The number of fused-ring (bicyclic) bond motifs is 1. The van der Waals surface area contributed by atoms with Gasteiger partial charge in [0.25, 0.3) is 0 Å². The van der Waals surface area contributed by atoms with E-state index in [2.05, 4.69) is 5.32 Å². The molecule has 20 heavy (non-hydrogen) atoms. The second kappa shape index (κ2) is 5.98. The first kappa shape index (κ1) is 14.4. The first-order valence-electron chi connectivity index (χ1n) is 6.20. The second-order valence-electron chi connectivity index (χ2n) is 4.42. The average molecular weight is 282 g/mol. The molecular formula is C13H18N2O5. The molecule has 1 atom stereocenters. The Kier molecular flexibility index (Phi) is 4.31. The molecule has 1 aromatic carbocycles. The number of amides is 1. The van der Waals surface area contributed by atoms with Crippen molar-refractivity contribution in [2.24, 2.45) is 0 Å². The fourth-order valence-corrected chi connectivity index (χ4v) is 2.10. The number of ether oxygens (including phenoxy) is 2. The normalized spacial score (nSPS) is 15.4. The van der Waals surface area contributed by atoms with Crippen LogP contribution >= 0.6 is 0 Å². The number of nitrogens with one attached hydrogen (secondary N) is 1. The van der Waals surface area contributed by atoms with Gasteiger partial charge in [0.1, 0.15) is 0 Å². The summed E-state index contributed by atoms with van der Waals surface area (Å²) in [5, 5.41) is 21.5. The lowest BCUT2D eigenvalue weighted by atomic mass is 10.1. The molecular weight excluding hydrogens is 264 g/mol. The van der Waals surface area contributed by atoms with Crippen molar-refractivity contribution in [3.8, 4) is 11.5 Å². The Labute approximate surface area is 116 Å². The van der Waals surface area contributed by atoms with Crippen molar-refractivity contribution in [1.29, 1.82) is 0 Å². The quantitative estimate of drug-likeness (QED) is 0.694. The van der Waals surface area contributed by atoms with Crippen LogP contribution in [0.5, 0.6) is 11.5 Å². The standard InChI is InChI=1S/C13H18N2O5/c1-19-11-3-9-10(4-12(11)20-2)15(6-8(17)7-16)13(18)5-14-9/h3-4,8,14,16-17H,5-7H2,1-2H3. The molecule has 0 bridgehead atoms. The number of rotatable bonds is 5. The third kappa shape index (κ3) is 2.63. The van der Waals surface area contributed by atoms with Crippen LogP contribution in [0.3, 0.4) is 0 Å². The predicted molar refractivity (Wildman–Crippen MR) is 73.5 cm³/mol. The van der Waals surface area contributed by atoms with Crippen LogP contribution in [0.2, 0.25) is 0 Å². The minimum Gasteiger partial charge on any atom is -0.493 e. The molecule has 7 nitrogen and oxygen atoms in total. The average Bonchev–Trinajstić information content (AvgIpc) is 2.48. The minimum atomic E-state index is -0.988. The van der Waals surface area contributed by atoms with Crippen LogP contribution < -0.4 is 19.7 Å². The first-order valence-corrected chi connectivity index (χ1v) is 6.20. The number of carbonyl (C=O) groups is 1. The van der Waals surface area contributed by atoms with Crippen LogP contribution in [0, 0.1) is 0 Å². The lowest BCUT2D eigenvalue weighted by Crippen LogP contribution is -2.44. The molecule has 2 rings (SSSR count). The molecule has 0 spiro atoms. The summed E-state index contributed by atoms with van der Waals surface area (Å²) in [6.07, 6.45) is -0.988. The third-order valence-electron chi connectivity index (χ3n) is 3.13. The molecule has 7 heteroatoms. The molecule has 1 amide bonds. The fraction of sp³-hybridized carbons (Fsp3) is 0.462. The van der Waals surface area contributed by atoms with Gasteiger partial charge >= 0.3 is 0 Å². The van der Waals surface area contributed by atoms with Gasteiger partial charge in [-0.05, 0) is 0 Å². The summed E-state index contributed by atoms with van der Waals surface area (Å²) in [5.74, 6) is 0.860. The molecule has 0 radical (unpaired) electrons. The zero-order chi connectivity index (χ0) is 14.7. The second-order valence-corrected chi connectivity index (χ2v) is 4.42. The highest BCUT2D eigenvalue weighted by Gasteiger charge is 2.27. The van der Waals surface area contributed by atoms with Gasteiger partial charge in [0.05, 0.1) is 51.4 Å². The lowest BCUT2D eigenvalue weighted by Gasteiger charge is -2.32. The smallest absolute Gasteiger partial charge is 0.246 e. The van der Waals surface area contributed by atoms with Crippen LogP contribution in [0.4, 0.5) is 11.4 Å². The number of methoxy groups -OCH3 is 2. The molecule has 1 unspecified atom stereocenters. The maximum absolute atomic E-state index is 12.0. The van der Waals surface area contributed by atoms with Crippen molar-refractivity contribution in [2.45, 2.75) is 6.10 Å². The van der Waals surface area contributed by atoms with Crippen molar-refractivity contribution < 1.29 is 24.5 Å². The lowest BCUT2D eigenvalue weighted by molar-refractivity contribution is -0.117. The van der Waals surface area contributed by atoms with E-state index in [9.17, 15) is 9.90 Å². The Bertz CT molecular complexity index is 506. The summed E-state index contributed by atoms with van der Waals surface area (Å²) in [4.78, 5) is 13.4. The molecule has 3 N–H and O–H groups in total. The summed E-state index contributed by atoms with van der Waals surface area (Å²) in [6.45, 7) is -0.250. The highest BCUT2D eigenvalue weighted by molar-refractivity contribution is 6.03. The number of benzene rings is 1. The van der Waals surface area contributed by atoms with Crippen molar-refractivity contribution in [2.75, 3.05) is 44.1 Å². The van der Waals surface area contributed by atoms with Crippen LogP contribution in [0.1, 0.15) is 0 Å². The maximum Gasteiger partial charge on any atom is 0.246 e. The van der Waals surface area contributed by atoms with Gasteiger partial charge in [0.2, 0.25) is 5.91 Å². The Morgan fingerprint density at radius 2 is 2.00 bits per heavy atom. The summed E-state index contributed by atoms with van der Waals surface area (Å²) in [7, 11) is 3.04. The molecule has 1 aromatic rings. The van der Waals surface area contributed by atoms with Crippen molar-refractivity contribution in [3.05, 3.63) is 12.1 Å². The third-order valence-corrected chi connectivity index (χ3v) is 3.13. The van der Waals surface area contributed by atoms with E-state index in [-0.39, 0.29) is 19.0 Å². The topological polar surface area (TPSA) is 91.3 Å². The summed E-state index contributed by atoms with van der Waals surface area (Å²) in [5.41, 5.74) is 1.30. The van der Waals surface area contributed by atoms with Crippen molar-refractivity contribution in [1.82, 2.24) is 0 Å². The summed E-state index contributed by atoms with van der Waals surface area (Å²) < 4.78 is 10.4. The summed E-state index contributed by atoms with van der Waals surface area (Å²) in [6, 6.07) is 3.40. The monoisotopic (exact) mass is 282 g/mol. The van der Waals surface area contributed by atoms with E-state index >= 15 is 0 Å². The zero-order valence-corrected chi connectivity index (χ0v) is 11.4. The van der Waals surface area contributed by atoms with E-state index < -0.39 is 12.7 Å². The van der Waals surface area contributed by atoms with Crippen molar-refractivity contribution in [3.63, 3.8) is 0 Å². The van der Waals surface area contributed by atoms with Crippen LogP contribution in [-0.2, 0) is 4.79 Å². The molecule has 1 aliphatic heterocycles. The maximum atomic E-state index is 12.0. The number of anilines is 2. The van der Waals surface area contributed by atoms with Gasteiger partial charge in [-0.3, -0.25) is 4.79 Å². The molecule has 0 aliphatic carbocycles. The number of aliphatic hydroxyl groups is 2. The Hall–Kier alpha value is -1.99. The van der Waals surface area contributed by atoms with Gasteiger partial charge in [-0.1, -0.05) is 0 Å². The predicted octanol–water partition coefficient (Wildman–Crippen LogP) is -0.185. The highest BCUT2D eigenvalue weighted by atomic mass is 16.5. The molecule has 0 saturated heterocycles. The van der Waals surface area contributed by atoms with Gasteiger partial charge in [0.15, 0.2) is 11.5 Å². The number of nitrogens with zero attached hydrogens (tertiary/aromatic N) is 1. The van der Waals surface area contributed by atoms with E-state index in [0.29, 0.717) is 22.9 Å². The Morgan fingerprint density at radius 3 is 2.60 bits per heavy atom. The number of hydrogen-bond donors (Lipinski definition) is 3. The minimum absolute atomic E-state index is 0.0273. The highest BCUT2D eigenvalue weighted by Crippen LogP contribution is 2.39. The van der Waals surface area contributed by atoms with Crippen LogP contribution in [-0.4, -0.2) is 56.1 Å². The Balaban J connectivity index is 2.41. The van der Waals surface area contributed by atoms with Gasteiger partial charge < -0.3 is 29.9 Å². The zero-order valence-electron chi connectivity index (χ0n) is 11.4. The molecule has 110 valence electrons. The van der Waals surface area contributed by atoms with Gasteiger partial charge in [0, 0.05) is 12.1 Å². The largest absolute Gasteiger partial charge is 0.493 e. The van der Waals surface area contributed by atoms with Gasteiger partial charge in [-0.25, -0.2) is 0 Å². The Morgan fingerprint density at radius 1 is 1.35 bits per heavy atom. The van der Waals surface area contributed by atoms with E-state index in [1.807, 2.05) is 0 Å². The van der Waals surface area contributed by atoms with E-state index in [1.54, 1.807) is 12.1 Å². The van der Waals surface area contributed by atoms with Crippen LogP contribution in [0.25, 0.3) is 0 Å². The van der Waals surface area contributed by atoms with Crippen LogP contribution in [0.15, 0.2) is 12.1 Å².